The van der Waals surface area contributed by atoms with Gasteiger partial charge in [-0.3, -0.25) is 9.59 Å². The topological polar surface area (TPSA) is 90.8 Å². The Morgan fingerprint density at radius 2 is 1.60 bits per heavy atom. The van der Waals surface area contributed by atoms with Crippen molar-refractivity contribution in [2.45, 2.75) is 11.4 Å². The van der Waals surface area contributed by atoms with E-state index in [1.165, 1.54) is 23.8 Å². The van der Waals surface area contributed by atoms with E-state index < -0.39 is 22.5 Å². The maximum atomic E-state index is 14.4. The SMILES string of the molecule is O=C1N=C(Nc2ccc(C(Br)C(=O)O)c(F)c2)S/C1=C\c1ccc(-c2ccc(NCc3ccccc3)cc2)cc1. The lowest BCUT2D eigenvalue weighted by atomic mass is 10.0. The highest BCUT2D eigenvalue weighted by Gasteiger charge is 2.23. The number of carbonyl (C=O) groups is 2. The predicted molar refractivity (Wildman–Crippen MR) is 163 cm³/mol. The number of carboxylic acid groups (broad SMARTS) is 1. The summed E-state index contributed by atoms with van der Waals surface area (Å²) in [5.41, 5.74) is 5.62. The number of aliphatic imine (C=N–C) groups is 1. The van der Waals surface area contributed by atoms with Crippen molar-refractivity contribution in [1.29, 1.82) is 0 Å². The number of rotatable bonds is 8. The summed E-state index contributed by atoms with van der Waals surface area (Å²) in [6.07, 6.45) is 1.76. The number of amidine groups is 1. The number of hydrogen-bond donors (Lipinski definition) is 3. The molecule has 1 aliphatic heterocycles. The number of thioether (sulfide) groups is 1. The first-order valence-electron chi connectivity index (χ1n) is 12.3. The van der Waals surface area contributed by atoms with Crippen LogP contribution in [0.2, 0.25) is 0 Å². The molecule has 4 aromatic carbocycles. The molecule has 0 saturated carbocycles. The molecule has 40 heavy (non-hydrogen) atoms. The third-order valence-electron chi connectivity index (χ3n) is 6.13. The van der Waals surface area contributed by atoms with E-state index in [0.29, 0.717) is 15.8 Å². The van der Waals surface area contributed by atoms with Crippen molar-refractivity contribution >= 4 is 62.2 Å². The van der Waals surface area contributed by atoms with Crippen molar-refractivity contribution in [3.8, 4) is 11.1 Å². The summed E-state index contributed by atoms with van der Waals surface area (Å²) in [5.74, 6) is -2.26. The Bertz CT molecular complexity index is 1610. The molecule has 0 aromatic heterocycles. The minimum atomic E-state index is -1.19. The van der Waals surface area contributed by atoms with Crippen LogP contribution >= 0.6 is 27.7 Å². The molecule has 3 N–H and O–H groups in total. The Balaban J connectivity index is 1.19. The number of amides is 1. The van der Waals surface area contributed by atoms with Gasteiger partial charge in [0, 0.05) is 23.5 Å². The fourth-order valence-electron chi connectivity index (χ4n) is 4.03. The fraction of sp³-hybridized carbons (Fsp3) is 0.0645. The maximum Gasteiger partial charge on any atom is 0.321 e. The molecule has 1 amide bonds. The van der Waals surface area contributed by atoms with Crippen molar-refractivity contribution < 1.29 is 19.1 Å². The number of carboxylic acids is 1. The second-order valence-corrected chi connectivity index (χ2v) is 10.9. The Kier molecular flexibility index (Phi) is 8.42. The highest BCUT2D eigenvalue weighted by Crippen LogP contribution is 2.32. The number of aliphatic carboxylic acids is 1. The zero-order chi connectivity index (χ0) is 28.1. The van der Waals surface area contributed by atoms with Crippen molar-refractivity contribution in [2.24, 2.45) is 4.99 Å². The standard InChI is InChI=1S/C31H23BrFN3O3S/c32-28(30(38)39)25-15-14-24(17-26(25)33)35-31-36-29(37)27(40-31)16-19-6-8-21(9-7-19)22-10-12-23(13-11-22)34-18-20-4-2-1-3-5-20/h1-17,28,34H,18H2,(H,38,39)(H,35,36,37)/b27-16-. The summed E-state index contributed by atoms with van der Waals surface area (Å²) in [7, 11) is 0. The van der Waals surface area contributed by atoms with Crippen LogP contribution in [0.1, 0.15) is 21.5 Å². The summed E-state index contributed by atoms with van der Waals surface area (Å²) in [6, 6.07) is 30.4. The third kappa shape index (κ3) is 6.67. The fourth-order valence-corrected chi connectivity index (χ4v) is 5.24. The molecule has 9 heteroatoms. The monoisotopic (exact) mass is 615 g/mol. The summed E-state index contributed by atoms with van der Waals surface area (Å²) in [6.45, 7) is 0.759. The molecule has 0 bridgehead atoms. The number of benzene rings is 4. The van der Waals surface area contributed by atoms with Crippen LogP contribution in [-0.4, -0.2) is 22.2 Å². The van der Waals surface area contributed by atoms with E-state index in [1.54, 1.807) is 6.08 Å². The smallest absolute Gasteiger partial charge is 0.321 e. The number of alkyl halides is 1. The molecule has 1 heterocycles. The van der Waals surface area contributed by atoms with Gasteiger partial charge in [0.25, 0.3) is 5.91 Å². The number of carbonyl (C=O) groups excluding carboxylic acids is 1. The van der Waals surface area contributed by atoms with Gasteiger partial charge in [-0.15, -0.1) is 0 Å². The van der Waals surface area contributed by atoms with Gasteiger partial charge in [0.1, 0.15) is 10.6 Å². The van der Waals surface area contributed by atoms with E-state index in [-0.39, 0.29) is 5.56 Å². The zero-order valence-electron chi connectivity index (χ0n) is 21.0. The first-order chi connectivity index (χ1) is 19.4. The number of nitrogens with zero attached hydrogens (tertiary/aromatic N) is 1. The van der Waals surface area contributed by atoms with Gasteiger partial charge in [0.05, 0.1) is 4.91 Å². The van der Waals surface area contributed by atoms with Gasteiger partial charge in [-0.25, -0.2) is 4.39 Å². The van der Waals surface area contributed by atoms with E-state index in [0.717, 1.165) is 40.7 Å². The van der Waals surface area contributed by atoms with Crippen LogP contribution < -0.4 is 10.6 Å². The minimum absolute atomic E-state index is 0.00911. The van der Waals surface area contributed by atoms with E-state index in [4.69, 9.17) is 5.11 Å². The van der Waals surface area contributed by atoms with Crippen LogP contribution in [0.3, 0.4) is 0 Å². The van der Waals surface area contributed by atoms with Gasteiger partial charge in [-0.1, -0.05) is 88.7 Å². The lowest BCUT2D eigenvalue weighted by molar-refractivity contribution is -0.136. The van der Waals surface area contributed by atoms with Crippen LogP contribution in [0, 0.1) is 5.82 Å². The normalized spacial score (nSPS) is 14.6. The molecular weight excluding hydrogens is 593 g/mol. The zero-order valence-corrected chi connectivity index (χ0v) is 23.4. The first kappa shape index (κ1) is 27.4. The van der Waals surface area contributed by atoms with Crippen LogP contribution in [0.4, 0.5) is 15.8 Å². The molecule has 0 aliphatic carbocycles. The van der Waals surface area contributed by atoms with Crippen molar-refractivity contribution in [1.82, 2.24) is 0 Å². The van der Waals surface area contributed by atoms with E-state index in [2.05, 4.69) is 68.0 Å². The number of anilines is 2. The molecule has 1 atom stereocenters. The quantitative estimate of drug-likeness (QED) is 0.139. The summed E-state index contributed by atoms with van der Waals surface area (Å²) in [4.78, 5) is 26.9. The molecule has 1 aliphatic rings. The lowest BCUT2D eigenvalue weighted by Gasteiger charge is -2.09. The average Bonchev–Trinajstić information content (AvgIpc) is 3.30. The molecule has 5 rings (SSSR count). The third-order valence-corrected chi connectivity index (χ3v) is 7.91. The van der Waals surface area contributed by atoms with E-state index in [9.17, 15) is 14.0 Å². The molecular formula is C31H23BrFN3O3S. The van der Waals surface area contributed by atoms with Crippen LogP contribution in [0.5, 0.6) is 0 Å². The number of halogens is 2. The Hall–Kier alpha value is -4.21. The van der Waals surface area contributed by atoms with E-state index >= 15 is 0 Å². The second-order valence-electron chi connectivity index (χ2n) is 8.93. The number of nitrogens with one attached hydrogen (secondary N) is 2. The molecule has 6 nitrogen and oxygen atoms in total. The average molecular weight is 617 g/mol. The van der Waals surface area contributed by atoms with Crippen molar-refractivity contribution in [3.63, 3.8) is 0 Å². The summed E-state index contributed by atoms with van der Waals surface area (Å²) in [5, 5.41) is 15.7. The van der Waals surface area contributed by atoms with Crippen molar-refractivity contribution in [2.75, 3.05) is 10.6 Å². The van der Waals surface area contributed by atoms with Gasteiger partial charge in [-0.2, -0.15) is 4.99 Å². The van der Waals surface area contributed by atoms with Crippen LogP contribution in [0.15, 0.2) is 107 Å². The molecule has 0 saturated heterocycles. The van der Waals surface area contributed by atoms with Gasteiger partial charge >= 0.3 is 5.97 Å². The van der Waals surface area contributed by atoms with Gasteiger partial charge in [0.15, 0.2) is 5.17 Å². The van der Waals surface area contributed by atoms with Gasteiger partial charge in [0.2, 0.25) is 0 Å². The molecule has 200 valence electrons. The van der Waals surface area contributed by atoms with Gasteiger partial charge in [-0.05, 0) is 64.4 Å². The Labute approximate surface area is 243 Å². The van der Waals surface area contributed by atoms with Gasteiger partial charge < -0.3 is 15.7 Å². The minimum Gasteiger partial charge on any atom is -0.480 e. The molecule has 0 radical (unpaired) electrons. The molecule has 1 unspecified atom stereocenters. The lowest BCUT2D eigenvalue weighted by Crippen LogP contribution is -2.09. The predicted octanol–water partition coefficient (Wildman–Crippen LogP) is 7.71. The highest BCUT2D eigenvalue weighted by molar-refractivity contribution is 9.09. The molecule has 0 spiro atoms. The van der Waals surface area contributed by atoms with Crippen LogP contribution in [-0.2, 0) is 16.1 Å². The van der Waals surface area contributed by atoms with Crippen LogP contribution in [0.25, 0.3) is 17.2 Å². The Morgan fingerprint density at radius 3 is 2.25 bits per heavy atom. The molecule has 4 aromatic rings. The van der Waals surface area contributed by atoms with Crippen molar-refractivity contribution in [3.05, 3.63) is 124 Å². The Morgan fingerprint density at radius 1 is 0.950 bits per heavy atom. The maximum absolute atomic E-state index is 14.4. The highest BCUT2D eigenvalue weighted by atomic mass is 79.9. The number of hydrogen-bond acceptors (Lipinski definition) is 5. The largest absolute Gasteiger partial charge is 0.480 e. The van der Waals surface area contributed by atoms with E-state index in [1.807, 2.05) is 42.5 Å². The summed E-state index contributed by atoms with van der Waals surface area (Å²) < 4.78 is 14.4. The summed E-state index contributed by atoms with van der Waals surface area (Å²) >= 11 is 4.10. The first-order valence-corrected chi connectivity index (χ1v) is 14.0. The second kappa shape index (κ2) is 12.3. The molecule has 0 fully saturated rings.